The summed E-state index contributed by atoms with van der Waals surface area (Å²) in [5.41, 5.74) is -1.33. The highest BCUT2D eigenvalue weighted by molar-refractivity contribution is 5.97. The van der Waals surface area contributed by atoms with E-state index in [0.29, 0.717) is 11.3 Å². The summed E-state index contributed by atoms with van der Waals surface area (Å²) in [6, 6.07) is 7.11. The fourth-order valence-electron chi connectivity index (χ4n) is 4.11. The molecule has 3 atom stereocenters. The van der Waals surface area contributed by atoms with E-state index in [1.54, 1.807) is 31.3 Å². The summed E-state index contributed by atoms with van der Waals surface area (Å²) in [7, 11) is 2.86. The average Bonchev–Trinajstić information content (AvgIpc) is 2.96. The van der Waals surface area contributed by atoms with Gasteiger partial charge in [-0.2, -0.15) is 0 Å². The third kappa shape index (κ3) is 1.98. The summed E-state index contributed by atoms with van der Waals surface area (Å²) in [6.45, 7) is 2.99. The van der Waals surface area contributed by atoms with Crippen LogP contribution in [0.1, 0.15) is 25.8 Å². The predicted octanol–water partition coefficient (Wildman–Crippen LogP) is 0.831. The van der Waals surface area contributed by atoms with Gasteiger partial charge in [0.2, 0.25) is 5.91 Å². The van der Waals surface area contributed by atoms with Gasteiger partial charge in [-0.25, -0.2) is 4.79 Å². The number of benzene rings is 1. The van der Waals surface area contributed by atoms with Crippen molar-refractivity contribution in [3.8, 4) is 0 Å². The molecule has 2 amide bonds. The number of nitrogens with zero attached hydrogens (tertiary/aromatic N) is 2. The smallest absolute Gasteiger partial charge is 0.415 e. The summed E-state index contributed by atoms with van der Waals surface area (Å²) in [5.74, 6) is -0.202. The van der Waals surface area contributed by atoms with E-state index < -0.39 is 29.4 Å². The van der Waals surface area contributed by atoms with E-state index in [1.807, 2.05) is 0 Å². The number of anilines is 1. The summed E-state index contributed by atoms with van der Waals surface area (Å²) in [5, 5.41) is 21.4. The number of aliphatic hydroxyl groups excluding tert-OH is 1. The first kappa shape index (κ1) is 16.7. The molecule has 0 spiro atoms. The van der Waals surface area contributed by atoms with Crippen LogP contribution in [0.2, 0.25) is 0 Å². The number of aliphatic hydroxyl groups is 2. The maximum Gasteiger partial charge on any atom is 0.415 e. The predicted molar refractivity (Wildman–Crippen MR) is 86.5 cm³/mol. The van der Waals surface area contributed by atoms with Gasteiger partial charge in [-0.05, 0) is 25.5 Å². The number of methoxy groups -OCH3 is 1. The molecule has 24 heavy (non-hydrogen) atoms. The minimum atomic E-state index is -1.46. The number of rotatable bonds is 2. The zero-order valence-corrected chi connectivity index (χ0v) is 14.2. The molecule has 0 unspecified atom stereocenters. The highest BCUT2D eigenvalue weighted by Gasteiger charge is 2.66. The first-order valence-corrected chi connectivity index (χ1v) is 7.79. The summed E-state index contributed by atoms with van der Waals surface area (Å²) in [6.07, 6.45) is -2.61. The number of hydrogen-bond acceptors (Lipinski definition) is 5. The van der Waals surface area contributed by atoms with Crippen LogP contribution in [0.5, 0.6) is 0 Å². The van der Waals surface area contributed by atoms with Gasteiger partial charge in [0.15, 0.2) is 0 Å². The summed E-state index contributed by atoms with van der Waals surface area (Å²) in [4.78, 5) is 27.7. The topological polar surface area (TPSA) is 90.3 Å². The third-order valence-electron chi connectivity index (χ3n) is 5.10. The monoisotopic (exact) mass is 334 g/mol. The fraction of sp³-hybridized carbons (Fsp3) is 0.529. The molecule has 2 N–H and O–H groups in total. The molecule has 2 aliphatic rings. The summed E-state index contributed by atoms with van der Waals surface area (Å²) < 4.78 is 4.90. The van der Waals surface area contributed by atoms with Gasteiger partial charge in [-0.3, -0.25) is 9.69 Å². The average molecular weight is 334 g/mol. The molecule has 0 radical (unpaired) electrons. The second kappa shape index (κ2) is 5.19. The Balaban J connectivity index is 2.29. The molecule has 7 heteroatoms. The van der Waals surface area contributed by atoms with Gasteiger partial charge >= 0.3 is 6.09 Å². The molecule has 0 aromatic heterocycles. The van der Waals surface area contributed by atoms with Crippen molar-refractivity contribution in [1.82, 2.24) is 4.90 Å². The number of para-hydroxylation sites is 1. The second-order valence-corrected chi connectivity index (χ2v) is 7.01. The SMILES string of the molecule is COC(=O)N1c2ccccc2[C@@]2([C@@H](O)C(C)(C)O)CC(=O)N(C)[C@@H]12. The van der Waals surface area contributed by atoms with Crippen LogP contribution >= 0.6 is 0 Å². The Morgan fingerprint density at radius 1 is 1.42 bits per heavy atom. The lowest BCUT2D eigenvalue weighted by Crippen LogP contribution is -2.60. The van der Waals surface area contributed by atoms with Crippen molar-refractivity contribution in [3.05, 3.63) is 29.8 Å². The molecule has 0 saturated carbocycles. The molecule has 1 saturated heterocycles. The number of likely N-dealkylation sites (tertiary alicyclic amines) is 1. The molecule has 1 aromatic carbocycles. The van der Waals surface area contributed by atoms with Crippen LogP contribution < -0.4 is 4.90 Å². The fourth-order valence-corrected chi connectivity index (χ4v) is 4.11. The van der Waals surface area contributed by atoms with Gasteiger partial charge in [0.05, 0.1) is 29.9 Å². The maximum absolute atomic E-state index is 12.4. The largest absolute Gasteiger partial charge is 0.452 e. The molecule has 2 aliphatic heterocycles. The van der Waals surface area contributed by atoms with Crippen molar-refractivity contribution < 1.29 is 24.5 Å². The molecule has 7 nitrogen and oxygen atoms in total. The highest BCUT2D eigenvalue weighted by Crippen LogP contribution is 2.55. The Hall–Kier alpha value is -2.12. The minimum Gasteiger partial charge on any atom is -0.452 e. The molecule has 130 valence electrons. The van der Waals surface area contributed by atoms with E-state index >= 15 is 0 Å². The molecule has 1 fully saturated rings. The van der Waals surface area contributed by atoms with Crippen LogP contribution in [0.4, 0.5) is 10.5 Å². The molecule has 2 heterocycles. The van der Waals surface area contributed by atoms with Crippen molar-refractivity contribution in [2.45, 2.75) is 43.6 Å². The number of likely N-dealkylation sites (N-methyl/N-ethyl adjacent to an activating group) is 1. The Bertz CT molecular complexity index is 698. The van der Waals surface area contributed by atoms with E-state index in [2.05, 4.69) is 0 Å². The number of hydrogen-bond donors (Lipinski definition) is 2. The number of amides is 2. The number of carbonyl (C=O) groups is 2. The number of carbonyl (C=O) groups excluding carboxylic acids is 2. The number of fused-ring (bicyclic) bond motifs is 3. The van der Waals surface area contributed by atoms with Crippen LogP contribution in [-0.4, -0.2) is 59.1 Å². The van der Waals surface area contributed by atoms with Crippen molar-refractivity contribution in [3.63, 3.8) is 0 Å². The number of ether oxygens (including phenoxy) is 1. The van der Waals surface area contributed by atoms with Crippen molar-refractivity contribution in [1.29, 1.82) is 0 Å². The molecular weight excluding hydrogens is 312 g/mol. The van der Waals surface area contributed by atoms with E-state index in [1.165, 1.54) is 30.8 Å². The Labute approximate surface area is 140 Å². The highest BCUT2D eigenvalue weighted by atomic mass is 16.5. The van der Waals surface area contributed by atoms with E-state index in [4.69, 9.17) is 4.74 Å². The van der Waals surface area contributed by atoms with E-state index in [0.717, 1.165) is 0 Å². The molecule has 3 rings (SSSR count). The standard InChI is InChI=1S/C17H22N2O5/c1-16(2,23)13(21)17-9-12(20)18(3)14(17)19(15(22)24-4)11-8-6-5-7-10(11)17/h5-8,13-14,21,23H,9H2,1-4H3/t13-,14-,17+/m0/s1. The zero-order valence-electron chi connectivity index (χ0n) is 14.2. The Kier molecular flexibility index (Phi) is 3.62. The van der Waals surface area contributed by atoms with Crippen LogP contribution in [-0.2, 0) is 14.9 Å². The van der Waals surface area contributed by atoms with Gasteiger partial charge < -0.3 is 19.8 Å². The molecule has 0 aliphatic carbocycles. The first-order valence-electron chi connectivity index (χ1n) is 7.79. The molecule has 0 bridgehead atoms. The lowest BCUT2D eigenvalue weighted by Gasteiger charge is -2.42. The Morgan fingerprint density at radius 3 is 2.62 bits per heavy atom. The zero-order chi connectivity index (χ0) is 17.9. The minimum absolute atomic E-state index is 0.00380. The second-order valence-electron chi connectivity index (χ2n) is 7.01. The lowest BCUT2D eigenvalue weighted by atomic mass is 9.69. The lowest BCUT2D eigenvalue weighted by molar-refractivity contribution is -0.127. The Morgan fingerprint density at radius 2 is 2.04 bits per heavy atom. The summed E-state index contributed by atoms with van der Waals surface area (Å²) >= 11 is 0. The van der Waals surface area contributed by atoms with E-state index in [-0.39, 0.29) is 12.3 Å². The van der Waals surface area contributed by atoms with Gasteiger partial charge in [0, 0.05) is 13.5 Å². The normalized spacial score (nSPS) is 27.1. The maximum atomic E-state index is 12.4. The van der Waals surface area contributed by atoms with Crippen LogP contribution in [0.25, 0.3) is 0 Å². The van der Waals surface area contributed by atoms with Crippen molar-refractivity contribution in [2.75, 3.05) is 19.1 Å². The van der Waals surface area contributed by atoms with Gasteiger partial charge in [0.1, 0.15) is 6.17 Å². The van der Waals surface area contributed by atoms with Crippen LogP contribution in [0, 0.1) is 0 Å². The molecular formula is C17H22N2O5. The van der Waals surface area contributed by atoms with Crippen molar-refractivity contribution in [2.24, 2.45) is 0 Å². The molecule has 1 aromatic rings. The van der Waals surface area contributed by atoms with Crippen molar-refractivity contribution >= 4 is 17.7 Å². The van der Waals surface area contributed by atoms with Gasteiger partial charge in [-0.1, -0.05) is 18.2 Å². The van der Waals surface area contributed by atoms with E-state index in [9.17, 15) is 19.8 Å². The first-order chi connectivity index (χ1) is 11.2. The quantitative estimate of drug-likeness (QED) is 0.836. The van der Waals surface area contributed by atoms with Crippen LogP contribution in [0.3, 0.4) is 0 Å². The van der Waals surface area contributed by atoms with Crippen LogP contribution in [0.15, 0.2) is 24.3 Å². The van der Waals surface area contributed by atoms with Gasteiger partial charge in [0.25, 0.3) is 0 Å². The third-order valence-corrected chi connectivity index (χ3v) is 5.10. The van der Waals surface area contributed by atoms with Gasteiger partial charge in [-0.15, -0.1) is 0 Å².